The van der Waals surface area contributed by atoms with Crippen LogP contribution in [0.4, 0.5) is 10.1 Å². The summed E-state index contributed by atoms with van der Waals surface area (Å²) in [7, 11) is -3.70. The van der Waals surface area contributed by atoms with E-state index in [1.54, 1.807) is 5.51 Å². The number of aromatic nitrogens is 1. The van der Waals surface area contributed by atoms with Crippen LogP contribution in [-0.2, 0) is 16.4 Å². The molecule has 0 atom stereocenters. The van der Waals surface area contributed by atoms with Crippen molar-refractivity contribution < 1.29 is 12.8 Å². The fraction of sp³-hybridized carbons (Fsp3) is 0.250. The molecule has 0 radical (unpaired) electrons. The number of aryl methyl sites for hydroxylation is 1. The molecule has 0 amide bonds. The maximum atomic E-state index is 13.2. The highest BCUT2D eigenvalue weighted by Crippen LogP contribution is 2.21. The number of sulfonamides is 1. The predicted octanol–water partition coefficient (Wildman–Crippen LogP) is 1.69. The zero-order chi connectivity index (χ0) is 14.8. The standard InChI is InChI=1S/C12H14FN3O2S2/c1-8-4-10(13)11(14)5-12(8)20(17,18)16-3-2-9-6-19-7-15-9/h4-7,16H,2-3,14H2,1H3. The first-order valence-electron chi connectivity index (χ1n) is 5.82. The fourth-order valence-corrected chi connectivity index (χ4v) is 3.59. The van der Waals surface area contributed by atoms with Crippen LogP contribution < -0.4 is 10.5 Å². The third-order valence-corrected chi connectivity index (χ3v) is 4.98. The van der Waals surface area contributed by atoms with Gasteiger partial charge >= 0.3 is 0 Å². The number of thiazole rings is 1. The van der Waals surface area contributed by atoms with Crippen LogP contribution in [0.25, 0.3) is 0 Å². The summed E-state index contributed by atoms with van der Waals surface area (Å²) in [6.45, 7) is 1.75. The highest BCUT2D eigenvalue weighted by atomic mass is 32.2. The zero-order valence-electron chi connectivity index (χ0n) is 10.8. The number of hydrogen-bond donors (Lipinski definition) is 2. The van der Waals surface area contributed by atoms with Gasteiger partial charge in [0.05, 0.1) is 21.8 Å². The van der Waals surface area contributed by atoms with Crippen molar-refractivity contribution in [3.8, 4) is 0 Å². The lowest BCUT2D eigenvalue weighted by atomic mass is 10.2. The largest absolute Gasteiger partial charge is 0.396 e. The van der Waals surface area contributed by atoms with Gasteiger partial charge in [0.1, 0.15) is 5.82 Å². The maximum absolute atomic E-state index is 13.2. The summed E-state index contributed by atoms with van der Waals surface area (Å²) in [5.41, 5.74) is 8.06. The molecule has 0 aliphatic heterocycles. The Morgan fingerprint density at radius 2 is 2.20 bits per heavy atom. The molecule has 0 saturated carbocycles. The average molecular weight is 315 g/mol. The predicted molar refractivity (Wildman–Crippen MR) is 76.6 cm³/mol. The molecular formula is C12H14FN3O2S2. The Balaban J connectivity index is 2.12. The van der Waals surface area contributed by atoms with Gasteiger partial charge in [0, 0.05) is 18.3 Å². The van der Waals surface area contributed by atoms with Gasteiger partial charge in [0.2, 0.25) is 10.0 Å². The second-order valence-electron chi connectivity index (χ2n) is 4.27. The first-order valence-corrected chi connectivity index (χ1v) is 8.25. The molecule has 1 heterocycles. The van der Waals surface area contributed by atoms with Gasteiger partial charge in [-0.2, -0.15) is 0 Å². The van der Waals surface area contributed by atoms with Crippen molar-refractivity contribution in [1.29, 1.82) is 0 Å². The Kier molecular flexibility index (Phi) is 4.36. The minimum Gasteiger partial charge on any atom is -0.396 e. The molecule has 0 aliphatic rings. The first-order chi connectivity index (χ1) is 9.40. The minimum absolute atomic E-state index is 0.00493. The summed E-state index contributed by atoms with van der Waals surface area (Å²) in [5.74, 6) is -0.621. The average Bonchev–Trinajstić information content (AvgIpc) is 2.86. The van der Waals surface area contributed by atoms with Gasteiger partial charge < -0.3 is 5.73 Å². The van der Waals surface area contributed by atoms with Crippen molar-refractivity contribution >= 4 is 27.0 Å². The van der Waals surface area contributed by atoms with Gasteiger partial charge in [-0.1, -0.05) is 0 Å². The number of anilines is 1. The zero-order valence-corrected chi connectivity index (χ0v) is 12.4. The first kappa shape index (κ1) is 14.9. The van der Waals surface area contributed by atoms with E-state index in [1.165, 1.54) is 18.3 Å². The second-order valence-corrected chi connectivity index (χ2v) is 6.72. The van der Waals surface area contributed by atoms with Crippen molar-refractivity contribution in [1.82, 2.24) is 9.71 Å². The van der Waals surface area contributed by atoms with Crippen LogP contribution in [0.3, 0.4) is 0 Å². The molecule has 108 valence electrons. The number of benzene rings is 1. The molecule has 0 bridgehead atoms. The molecule has 3 N–H and O–H groups in total. The fourth-order valence-electron chi connectivity index (χ4n) is 1.71. The third-order valence-electron chi connectivity index (χ3n) is 2.74. The van der Waals surface area contributed by atoms with E-state index in [9.17, 15) is 12.8 Å². The van der Waals surface area contributed by atoms with E-state index in [-0.39, 0.29) is 17.1 Å². The Labute approximate surface area is 120 Å². The van der Waals surface area contributed by atoms with Crippen LogP contribution in [0.1, 0.15) is 11.3 Å². The molecule has 2 rings (SSSR count). The summed E-state index contributed by atoms with van der Waals surface area (Å²) < 4.78 is 40.0. The Hall–Kier alpha value is -1.51. The quantitative estimate of drug-likeness (QED) is 0.822. The van der Waals surface area contributed by atoms with Crippen LogP contribution >= 0.6 is 11.3 Å². The lowest BCUT2D eigenvalue weighted by molar-refractivity contribution is 0.580. The third kappa shape index (κ3) is 3.33. The molecule has 0 aliphatic carbocycles. The number of nitrogens with two attached hydrogens (primary N) is 1. The molecule has 0 unspecified atom stereocenters. The SMILES string of the molecule is Cc1cc(F)c(N)cc1S(=O)(=O)NCCc1cscn1. The van der Waals surface area contributed by atoms with Crippen molar-refractivity contribution in [2.45, 2.75) is 18.2 Å². The van der Waals surface area contributed by atoms with Crippen molar-refractivity contribution in [2.75, 3.05) is 12.3 Å². The van der Waals surface area contributed by atoms with Gasteiger partial charge in [-0.25, -0.2) is 22.5 Å². The van der Waals surface area contributed by atoms with Crippen LogP contribution in [-0.4, -0.2) is 19.9 Å². The smallest absolute Gasteiger partial charge is 0.240 e. The molecular weight excluding hydrogens is 301 g/mol. The van der Waals surface area contributed by atoms with E-state index >= 15 is 0 Å². The second kappa shape index (κ2) is 5.86. The van der Waals surface area contributed by atoms with Gasteiger partial charge in [-0.3, -0.25) is 0 Å². The van der Waals surface area contributed by atoms with E-state index in [0.717, 1.165) is 17.8 Å². The Morgan fingerprint density at radius 1 is 1.45 bits per heavy atom. The number of halogens is 1. The number of nitrogen functional groups attached to an aromatic ring is 1. The topological polar surface area (TPSA) is 85.1 Å². The highest BCUT2D eigenvalue weighted by Gasteiger charge is 2.18. The molecule has 1 aromatic carbocycles. The van der Waals surface area contributed by atoms with E-state index in [1.807, 2.05) is 5.38 Å². The van der Waals surface area contributed by atoms with Gasteiger partial charge in [0.25, 0.3) is 0 Å². The van der Waals surface area contributed by atoms with Gasteiger partial charge in [-0.05, 0) is 24.6 Å². The van der Waals surface area contributed by atoms with E-state index in [2.05, 4.69) is 9.71 Å². The molecule has 8 heteroatoms. The monoisotopic (exact) mass is 315 g/mol. The van der Waals surface area contributed by atoms with Crippen LogP contribution in [0.2, 0.25) is 0 Å². The molecule has 20 heavy (non-hydrogen) atoms. The lowest BCUT2D eigenvalue weighted by Gasteiger charge is -2.10. The van der Waals surface area contributed by atoms with E-state index in [4.69, 9.17) is 5.73 Å². The highest BCUT2D eigenvalue weighted by molar-refractivity contribution is 7.89. The molecule has 1 aromatic heterocycles. The molecule has 5 nitrogen and oxygen atoms in total. The summed E-state index contributed by atoms with van der Waals surface area (Å²) in [6, 6.07) is 2.25. The summed E-state index contributed by atoms with van der Waals surface area (Å²) in [6.07, 6.45) is 0.498. The normalized spacial score (nSPS) is 11.7. The molecule has 0 fully saturated rings. The number of rotatable bonds is 5. The summed E-state index contributed by atoms with van der Waals surface area (Å²) in [5, 5.41) is 1.86. The Bertz CT molecular complexity index is 700. The van der Waals surface area contributed by atoms with Crippen LogP contribution in [0.15, 0.2) is 27.9 Å². The van der Waals surface area contributed by atoms with E-state index in [0.29, 0.717) is 12.0 Å². The van der Waals surface area contributed by atoms with Crippen molar-refractivity contribution in [3.05, 3.63) is 40.1 Å². The van der Waals surface area contributed by atoms with Crippen molar-refractivity contribution in [2.24, 2.45) is 0 Å². The summed E-state index contributed by atoms with van der Waals surface area (Å²) >= 11 is 1.45. The van der Waals surface area contributed by atoms with Crippen molar-refractivity contribution in [3.63, 3.8) is 0 Å². The molecule has 0 saturated heterocycles. The number of hydrogen-bond acceptors (Lipinski definition) is 5. The number of nitrogens with zero attached hydrogens (tertiary/aromatic N) is 1. The molecule has 0 spiro atoms. The summed E-state index contributed by atoms with van der Waals surface area (Å²) in [4.78, 5) is 4.06. The van der Waals surface area contributed by atoms with Crippen LogP contribution in [0, 0.1) is 12.7 Å². The number of nitrogens with one attached hydrogen (secondary N) is 1. The van der Waals surface area contributed by atoms with E-state index < -0.39 is 15.8 Å². The van der Waals surface area contributed by atoms with Crippen LogP contribution in [0.5, 0.6) is 0 Å². The van der Waals surface area contributed by atoms with Gasteiger partial charge in [-0.15, -0.1) is 11.3 Å². The maximum Gasteiger partial charge on any atom is 0.240 e. The minimum atomic E-state index is -3.70. The van der Waals surface area contributed by atoms with Gasteiger partial charge in [0.15, 0.2) is 0 Å². The lowest BCUT2D eigenvalue weighted by Crippen LogP contribution is -2.27. The molecule has 2 aromatic rings. The Morgan fingerprint density at radius 3 is 2.85 bits per heavy atom.